The first-order valence-electron chi connectivity index (χ1n) is 12.8. The highest BCUT2D eigenvalue weighted by atomic mass is 32.1. The third kappa shape index (κ3) is 2.26. The third-order valence-corrected chi connectivity index (χ3v) is 6.32. The van der Waals surface area contributed by atoms with E-state index in [1.54, 1.807) is 0 Å². The zero-order valence-corrected chi connectivity index (χ0v) is 15.6. The van der Waals surface area contributed by atoms with Gasteiger partial charge in [-0.05, 0) is 55.4 Å². The highest BCUT2D eigenvalue weighted by molar-refractivity contribution is 7.26. The van der Waals surface area contributed by atoms with Crippen molar-refractivity contribution in [2.75, 3.05) is 0 Å². The molecule has 4 aromatic rings. The zero-order valence-electron chi connectivity index (χ0n) is 23.8. The molecule has 0 amide bonds. The van der Waals surface area contributed by atoms with E-state index in [4.69, 9.17) is 21.6 Å². The van der Waals surface area contributed by atoms with Crippen molar-refractivity contribution >= 4 is 54.9 Å². The molecular weight excluding hydrogens is 339 g/mol. The summed E-state index contributed by atoms with van der Waals surface area (Å²) in [5.74, 6) is 0. The molecule has 130 valence electrons. The lowest BCUT2D eigenvalue weighted by Crippen LogP contribution is -2.41. The standard InChI is InChI=1S/C22H21BO2S/c1-21(2)22(3,4)25-23(24-21)15-10-12-19-18(13-15)17-11-9-14-7-5-6-8-16(14)20(17)26-19/h5-13H,1-4H3/i5D,6D,7D,8D,9D,10D,11D,12D,13D. The van der Waals surface area contributed by atoms with E-state index in [0.717, 1.165) is 11.3 Å². The second-order valence-electron chi connectivity index (χ2n) is 7.39. The van der Waals surface area contributed by atoms with Gasteiger partial charge in [-0.1, -0.05) is 48.3 Å². The zero-order chi connectivity index (χ0) is 25.9. The molecule has 1 aromatic heterocycles. The summed E-state index contributed by atoms with van der Waals surface area (Å²) in [4.78, 5) is 0. The molecule has 0 radical (unpaired) electrons. The summed E-state index contributed by atoms with van der Waals surface area (Å²) >= 11 is 0.997. The van der Waals surface area contributed by atoms with Crippen LogP contribution in [0.4, 0.5) is 0 Å². The van der Waals surface area contributed by atoms with E-state index in [9.17, 15) is 0 Å². The second kappa shape index (κ2) is 5.32. The van der Waals surface area contributed by atoms with Crippen molar-refractivity contribution in [3.05, 3.63) is 54.4 Å². The molecule has 2 heterocycles. The van der Waals surface area contributed by atoms with E-state index in [2.05, 4.69) is 0 Å². The minimum atomic E-state index is -1.08. The van der Waals surface area contributed by atoms with Gasteiger partial charge in [-0.2, -0.15) is 0 Å². The maximum Gasteiger partial charge on any atom is 0.494 e. The maximum atomic E-state index is 8.99. The summed E-state index contributed by atoms with van der Waals surface area (Å²) in [6, 6.07) is -2.97. The average molecular weight is 369 g/mol. The molecule has 1 aliphatic rings. The fourth-order valence-corrected chi connectivity index (χ4v) is 4.08. The molecule has 0 atom stereocenters. The highest BCUT2D eigenvalue weighted by Gasteiger charge is 2.51. The molecule has 0 N–H and O–H groups in total. The van der Waals surface area contributed by atoms with Crippen LogP contribution < -0.4 is 5.46 Å². The Morgan fingerprint density at radius 2 is 1.58 bits per heavy atom. The molecule has 2 nitrogen and oxygen atoms in total. The van der Waals surface area contributed by atoms with Crippen LogP contribution in [0.1, 0.15) is 40.0 Å². The van der Waals surface area contributed by atoms with Crippen molar-refractivity contribution in [3.63, 3.8) is 0 Å². The van der Waals surface area contributed by atoms with Gasteiger partial charge in [0, 0.05) is 14.8 Å². The van der Waals surface area contributed by atoms with Crippen LogP contribution in [0.3, 0.4) is 0 Å². The fourth-order valence-electron chi connectivity index (χ4n) is 3.00. The second-order valence-corrected chi connectivity index (χ2v) is 8.41. The number of rotatable bonds is 1. The molecule has 0 aliphatic carbocycles. The van der Waals surface area contributed by atoms with Crippen LogP contribution in [0.2, 0.25) is 0 Å². The maximum absolute atomic E-state index is 8.99. The number of thiophene rings is 1. The molecule has 26 heavy (non-hydrogen) atoms. The van der Waals surface area contributed by atoms with Gasteiger partial charge in [-0.25, -0.2) is 0 Å². The van der Waals surface area contributed by atoms with Crippen LogP contribution in [0.25, 0.3) is 30.9 Å². The molecule has 0 saturated carbocycles. The summed E-state index contributed by atoms with van der Waals surface area (Å²) in [6.07, 6.45) is 0. The first kappa shape index (κ1) is 9.36. The van der Waals surface area contributed by atoms with E-state index >= 15 is 0 Å². The summed E-state index contributed by atoms with van der Waals surface area (Å²) in [5, 5.41) is 0.346. The van der Waals surface area contributed by atoms with Crippen LogP contribution in [0.15, 0.2) is 54.4 Å². The quantitative estimate of drug-likeness (QED) is 0.412. The van der Waals surface area contributed by atoms with Crippen LogP contribution in [-0.2, 0) is 9.31 Å². The van der Waals surface area contributed by atoms with Crippen LogP contribution in [0.5, 0.6) is 0 Å². The van der Waals surface area contributed by atoms with Crippen molar-refractivity contribution in [2.24, 2.45) is 0 Å². The Kier molecular flexibility index (Phi) is 1.92. The van der Waals surface area contributed by atoms with Crippen molar-refractivity contribution in [1.29, 1.82) is 0 Å². The normalized spacial score (nSPS) is 23.8. The van der Waals surface area contributed by atoms with Crippen molar-refractivity contribution in [2.45, 2.75) is 38.9 Å². The minimum Gasteiger partial charge on any atom is -0.399 e. The van der Waals surface area contributed by atoms with Crippen LogP contribution >= 0.6 is 11.3 Å². The monoisotopic (exact) mass is 369 g/mol. The predicted octanol–water partition coefficient (Wildman–Crippen LogP) is 5.51. The van der Waals surface area contributed by atoms with Gasteiger partial charge in [0.25, 0.3) is 0 Å². The Bertz CT molecular complexity index is 1600. The van der Waals surface area contributed by atoms with Gasteiger partial charge < -0.3 is 9.31 Å². The van der Waals surface area contributed by atoms with Crippen LogP contribution in [-0.4, -0.2) is 18.3 Å². The Morgan fingerprint density at radius 1 is 0.846 bits per heavy atom. The first-order valence-corrected chi connectivity index (χ1v) is 9.14. The molecule has 1 fully saturated rings. The van der Waals surface area contributed by atoms with Gasteiger partial charge in [0.05, 0.1) is 23.5 Å². The molecule has 5 rings (SSSR count). The number of hydrogen-bond acceptors (Lipinski definition) is 3. The molecular formula is C22H21BO2S. The minimum absolute atomic E-state index is 0.0573. The third-order valence-electron chi connectivity index (χ3n) is 5.19. The largest absolute Gasteiger partial charge is 0.494 e. The lowest BCUT2D eigenvalue weighted by Gasteiger charge is -2.32. The van der Waals surface area contributed by atoms with Gasteiger partial charge in [-0.15, -0.1) is 11.3 Å². The van der Waals surface area contributed by atoms with Crippen LogP contribution in [0, 0.1) is 0 Å². The molecule has 0 unspecified atom stereocenters. The van der Waals surface area contributed by atoms with E-state index in [1.165, 1.54) is 0 Å². The van der Waals surface area contributed by atoms with E-state index < -0.39 is 36.4 Å². The number of hydrogen-bond donors (Lipinski definition) is 0. The van der Waals surface area contributed by atoms with Crippen molar-refractivity contribution in [3.8, 4) is 0 Å². The van der Waals surface area contributed by atoms with Gasteiger partial charge in [0.2, 0.25) is 0 Å². The Morgan fingerprint density at radius 3 is 2.35 bits per heavy atom. The summed E-state index contributed by atoms with van der Waals surface area (Å²) in [6.45, 7) is 7.37. The van der Waals surface area contributed by atoms with Gasteiger partial charge in [-0.3, -0.25) is 0 Å². The fraction of sp³-hybridized carbons (Fsp3) is 0.273. The van der Waals surface area contributed by atoms with Crippen molar-refractivity contribution in [1.82, 2.24) is 0 Å². The molecule has 3 aromatic carbocycles. The van der Waals surface area contributed by atoms with E-state index in [-0.39, 0.29) is 72.7 Å². The Hall–Kier alpha value is -1.88. The van der Waals surface area contributed by atoms with Crippen molar-refractivity contribution < 1.29 is 21.6 Å². The summed E-state index contributed by atoms with van der Waals surface area (Å²) < 4.78 is 89.1. The average Bonchev–Trinajstić information content (AvgIpc) is 3.26. The van der Waals surface area contributed by atoms with Gasteiger partial charge >= 0.3 is 7.12 Å². The molecule has 4 heteroatoms. The number of benzene rings is 3. The predicted molar refractivity (Wildman–Crippen MR) is 113 cm³/mol. The SMILES string of the molecule is [2H]c1c(B2OC(C)(C)C(C)(C)O2)c([2H])c2c(sc3c4c([2H])c([2H])c([2H])c([2H])c4c([2H])c([2H])c32)c1[2H]. The number of fused-ring (bicyclic) bond motifs is 5. The highest BCUT2D eigenvalue weighted by Crippen LogP contribution is 2.39. The topological polar surface area (TPSA) is 18.5 Å². The molecule has 1 saturated heterocycles. The lowest BCUT2D eigenvalue weighted by atomic mass is 9.78. The Labute approximate surface area is 170 Å². The van der Waals surface area contributed by atoms with E-state index in [1.807, 2.05) is 27.7 Å². The Balaban J connectivity index is 1.97. The lowest BCUT2D eigenvalue weighted by molar-refractivity contribution is 0.00578. The molecule has 1 aliphatic heterocycles. The first-order chi connectivity index (χ1) is 16.1. The summed E-state index contributed by atoms with van der Waals surface area (Å²) in [7, 11) is -1.08. The van der Waals surface area contributed by atoms with E-state index in [0.29, 0.717) is 0 Å². The molecule has 0 spiro atoms. The molecule has 0 bridgehead atoms. The van der Waals surface area contributed by atoms with Gasteiger partial charge in [0.1, 0.15) is 0 Å². The smallest absolute Gasteiger partial charge is 0.399 e. The van der Waals surface area contributed by atoms with Gasteiger partial charge in [0.15, 0.2) is 0 Å². The summed E-state index contributed by atoms with van der Waals surface area (Å²) in [5.41, 5.74) is -1.42.